The van der Waals surface area contributed by atoms with Crippen LogP contribution in [-0.4, -0.2) is 30.6 Å². The highest BCUT2D eigenvalue weighted by molar-refractivity contribution is 6.30. The lowest BCUT2D eigenvalue weighted by Crippen LogP contribution is -2.24. The Labute approximate surface area is 105 Å². The average Bonchev–Trinajstić information content (AvgIpc) is 2.79. The first-order valence-electron chi connectivity index (χ1n) is 5.71. The molecular formula is C12H15ClN2O2. The van der Waals surface area contributed by atoms with Crippen LogP contribution < -0.4 is 5.32 Å². The smallest absolute Gasteiger partial charge is 0.310 e. The SMILES string of the molecule is CCOC(=O)C1CNCC1c1ccc(Cl)cn1. The number of halogens is 1. The van der Waals surface area contributed by atoms with Crippen LogP contribution in [0.25, 0.3) is 0 Å². The Morgan fingerprint density at radius 3 is 3.06 bits per heavy atom. The van der Waals surface area contributed by atoms with E-state index in [1.807, 2.05) is 13.0 Å². The number of nitrogens with zero attached hydrogens (tertiary/aromatic N) is 1. The molecule has 1 aliphatic rings. The van der Waals surface area contributed by atoms with Gasteiger partial charge in [0.25, 0.3) is 0 Å². The first-order valence-corrected chi connectivity index (χ1v) is 6.09. The number of hydrogen-bond acceptors (Lipinski definition) is 4. The standard InChI is InChI=1S/C12H15ClN2O2/c1-2-17-12(16)10-7-14-6-9(10)11-4-3-8(13)5-15-11/h3-5,9-10,14H,2,6-7H2,1H3. The molecule has 2 unspecified atom stereocenters. The number of carbonyl (C=O) groups excluding carboxylic acids is 1. The van der Waals surface area contributed by atoms with E-state index in [0.717, 1.165) is 12.2 Å². The molecule has 2 atom stereocenters. The molecular weight excluding hydrogens is 240 g/mol. The third kappa shape index (κ3) is 2.76. The van der Waals surface area contributed by atoms with E-state index >= 15 is 0 Å². The lowest BCUT2D eigenvalue weighted by Gasteiger charge is -2.16. The zero-order valence-electron chi connectivity index (χ0n) is 9.65. The number of esters is 1. The lowest BCUT2D eigenvalue weighted by atomic mass is 9.92. The average molecular weight is 255 g/mol. The van der Waals surface area contributed by atoms with Gasteiger partial charge >= 0.3 is 5.97 Å². The van der Waals surface area contributed by atoms with E-state index in [2.05, 4.69) is 10.3 Å². The quantitative estimate of drug-likeness (QED) is 0.833. The molecule has 0 amide bonds. The third-order valence-corrected chi connectivity index (χ3v) is 3.16. The molecule has 1 aliphatic heterocycles. The number of nitrogens with one attached hydrogen (secondary N) is 1. The van der Waals surface area contributed by atoms with Crippen LogP contribution >= 0.6 is 11.6 Å². The van der Waals surface area contributed by atoms with Crippen molar-refractivity contribution in [3.05, 3.63) is 29.0 Å². The van der Waals surface area contributed by atoms with Crippen LogP contribution in [-0.2, 0) is 9.53 Å². The minimum Gasteiger partial charge on any atom is -0.466 e. The molecule has 0 spiro atoms. The third-order valence-electron chi connectivity index (χ3n) is 2.93. The minimum absolute atomic E-state index is 0.0753. The Morgan fingerprint density at radius 1 is 1.59 bits per heavy atom. The van der Waals surface area contributed by atoms with Crippen LogP contribution in [0.3, 0.4) is 0 Å². The highest BCUT2D eigenvalue weighted by atomic mass is 35.5. The second-order valence-corrected chi connectivity index (χ2v) is 4.46. The number of rotatable bonds is 3. The van der Waals surface area contributed by atoms with Crippen LogP contribution in [0, 0.1) is 5.92 Å². The molecule has 0 aliphatic carbocycles. The molecule has 1 aromatic rings. The molecule has 1 N–H and O–H groups in total. The zero-order valence-corrected chi connectivity index (χ0v) is 10.4. The summed E-state index contributed by atoms with van der Waals surface area (Å²) in [4.78, 5) is 16.1. The van der Waals surface area contributed by atoms with E-state index in [0.29, 0.717) is 18.2 Å². The maximum absolute atomic E-state index is 11.8. The number of aromatic nitrogens is 1. The maximum atomic E-state index is 11.8. The van der Waals surface area contributed by atoms with Gasteiger partial charge in [-0.3, -0.25) is 9.78 Å². The van der Waals surface area contributed by atoms with E-state index in [1.54, 1.807) is 12.3 Å². The van der Waals surface area contributed by atoms with Crippen molar-refractivity contribution in [2.75, 3.05) is 19.7 Å². The van der Waals surface area contributed by atoms with Gasteiger partial charge in [-0.05, 0) is 19.1 Å². The summed E-state index contributed by atoms with van der Waals surface area (Å²) in [7, 11) is 0. The second-order valence-electron chi connectivity index (χ2n) is 4.02. The summed E-state index contributed by atoms with van der Waals surface area (Å²) < 4.78 is 5.07. The number of carbonyl (C=O) groups is 1. The first kappa shape index (κ1) is 12.3. The predicted molar refractivity (Wildman–Crippen MR) is 65.0 cm³/mol. The minimum atomic E-state index is -0.153. The molecule has 92 valence electrons. The van der Waals surface area contributed by atoms with Crippen molar-refractivity contribution in [3.8, 4) is 0 Å². The van der Waals surface area contributed by atoms with Crippen molar-refractivity contribution in [1.29, 1.82) is 0 Å². The molecule has 5 heteroatoms. The van der Waals surface area contributed by atoms with Gasteiger partial charge in [-0.2, -0.15) is 0 Å². The van der Waals surface area contributed by atoms with Gasteiger partial charge in [0.2, 0.25) is 0 Å². The van der Waals surface area contributed by atoms with Crippen molar-refractivity contribution in [1.82, 2.24) is 10.3 Å². The molecule has 1 aromatic heterocycles. The van der Waals surface area contributed by atoms with Gasteiger partial charge in [0, 0.05) is 30.9 Å². The molecule has 0 radical (unpaired) electrons. The number of pyridine rings is 1. The highest BCUT2D eigenvalue weighted by Gasteiger charge is 2.35. The fraction of sp³-hybridized carbons (Fsp3) is 0.500. The summed E-state index contributed by atoms with van der Waals surface area (Å²) in [5.41, 5.74) is 0.887. The van der Waals surface area contributed by atoms with E-state index in [-0.39, 0.29) is 17.8 Å². The first-order chi connectivity index (χ1) is 8.22. The monoisotopic (exact) mass is 254 g/mol. The van der Waals surface area contributed by atoms with Crippen molar-refractivity contribution in [3.63, 3.8) is 0 Å². The fourth-order valence-corrected chi connectivity index (χ4v) is 2.20. The summed E-state index contributed by atoms with van der Waals surface area (Å²) >= 11 is 5.80. The molecule has 0 saturated carbocycles. The molecule has 4 nitrogen and oxygen atoms in total. The van der Waals surface area contributed by atoms with E-state index < -0.39 is 0 Å². The van der Waals surface area contributed by atoms with E-state index in [9.17, 15) is 4.79 Å². The Bertz CT molecular complexity index is 394. The number of hydrogen-bond donors (Lipinski definition) is 1. The van der Waals surface area contributed by atoms with Crippen LogP contribution in [0.4, 0.5) is 0 Å². The molecule has 1 fully saturated rings. The molecule has 1 saturated heterocycles. The summed E-state index contributed by atoms with van der Waals surface area (Å²) in [5, 5.41) is 3.81. The largest absolute Gasteiger partial charge is 0.466 e. The fourth-order valence-electron chi connectivity index (χ4n) is 2.09. The Balaban J connectivity index is 2.14. The van der Waals surface area contributed by atoms with Gasteiger partial charge in [0.1, 0.15) is 0 Å². The van der Waals surface area contributed by atoms with Gasteiger partial charge in [-0.25, -0.2) is 0 Å². The molecule has 0 bridgehead atoms. The predicted octanol–water partition coefficient (Wildman–Crippen LogP) is 1.60. The van der Waals surface area contributed by atoms with Crippen molar-refractivity contribution < 1.29 is 9.53 Å². The zero-order chi connectivity index (χ0) is 12.3. The van der Waals surface area contributed by atoms with Crippen LogP contribution in [0.2, 0.25) is 5.02 Å². The van der Waals surface area contributed by atoms with Gasteiger partial charge < -0.3 is 10.1 Å². The molecule has 2 rings (SSSR count). The van der Waals surface area contributed by atoms with E-state index in [4.69, 9.17) is 16.3 Å². The summed E-state index contributed by atoms with van der Waals surface area (Å²) in [5.74, 6) is -0.228. The Hall–Kier alpha value is -1.13. The topological polar surface area (TPSA) is 51.2 Å². The summed E-state index contributed by atoms with van der Waals surface area (Å²) in [6.07, 6.45) is 1.61. The summed E-state index contributed by atoms with van der Waals surface area (Å²) in [6, 6.07) is 3.66. The van der Waals surface area contributed by atoms with Gasteiger partial charge in [-0.15, -0.1) is 0 Å². The van der Waals surface area contributed by atoms with Gasteiger partial charge in [0.05, 0.1) is 17.5 Å². The second kappa shape index (κ2) is 5.47. The van der Waals surface area contributed by atoms with Crippen LogP contribution in [0.5, 0.6) is 0 Å². The van der Waals surface area contributed by atoms with Crippen LogP contribution in [0.15, 0.2) is 18.3 Å². The van der Waals surface area contributed by atoms with Crippen molar-refractivity contribution >= 4 is 17.6 Å². The highest BCUT2D eigenvalue weighted by Crippen LogP contribution is 2.28. The Morgan fingerprint density at radius 2 is 2.41 bits per heavy atom. The lowest BCUT2D eigenvalue weighted by molar-refractivity contribution is -0.147. The van der Waals surface area contributed by atoms with Crippen LogP contribution in [0.1, 0.15) is 18.5 Å². The normalized spacial score (nSPS) is 23.6. The van der Waals surface area contributed by atoms with Gasteiger partial charge in [0.15, 0.2) is 0 Å². The molecule has 0 aromatic carbocycles. The molecule has 17 heavy (non-hydrogen) atoms. The van der Waals surface area contributed by atoms with Gasteiger partial charge in [-0.1, -0.05) is 11.6 Å². The molecule has 2 heterocycles. The maximum Gasteiger partial charge on any atom is 0.310 e. The van der Waals surface area contributed by atoms with E-state index in [1.165, 1.54) is 0 Å². The summed E-state index contributed by atoms with van der Waals surface area (Å²) in [6.45, 7) is 3.62. The Kier molecular flexibility index (Phi) is 3.97. The number of ether oxygens (including phenoxy) is 1. The van der Waals surface area contributed by atoms with Crippen molar-refractivity contribution in [2.45, 2.75) is 12.8 Å². The van der Waals surface area contributed by atoms with Crippen molar-refractivity contribution in [2.24, 2.45) is 5.92 Å².